The molecule has 1 aliphatic heterocycles. The molecular weight excluding hydrogens is 436 g/mol. The molecule has 3 heterocycles. The summed E-state index contributed by atoms with van der Waals surface area (Å²) in [5, 5.41) is 6.55. The van der Waals surface area contributed by atoms with Gasteiger partial charge in [0.05, 0.1) is 10.6 Å². The number of hydrogen-bond acceptors (Lipinski definition) is 7. The molecule has 1 N–H and O–H groups in total. The van der Waals surface area contributed by atoms with Gasteiger partial charge in [0.15, 0.2) is 17.3 Å². The summed E-state index contributed by atoms with van der Waals surface area (Å²) >= 11 is 1.48. The molecule has 31 heavy (non-hydrogen) atoms. The standard InChI is InChI=1S/C21H20N4O4S2/c1-14-2-4-15(5-3-14)20-23-21-25(24-20)16(13-30-21)8-9-22-31(26,27)17-6-7-18-19(12-17)29-11-10-28-18/h2-7,12-13,22H,8-11H2,1H3. The van der Waals surface area contributed by atoms with E-state index in [1.807, 2.05) is 36.6 Å². The maximum Gasteiger partial charge on any atom is 0.240 e. The van der Waals surface area contributed by atoms with Crippen LogP contribution in [0.5, 0.6) is 11.5 Å². The van der Waals surface area contributed by atoms with E-state index in [1.54, 1.807) is 10.6 Å². The lowest BCUT2D eigenvalue weighted by Crippen LogP contribution is -2.26. The van der Waals surface area contributed by atoms with Crippen molar-refractivity contribution in [3.8, 4) is 22.9 Å². The van der Waals surface area contributed by atoms with E-state index in [9.17, 15) is 8.42 Å². The molecule has 0 aliphatic carbocycles. The van der Waals surface area contributed by atoms with Gasteiger partial charge in [-0.3, -0.25) is 0 Å². The van der Waals surface area contributed by atoms with Gasteiger partial charge in [-0.2, -0.15) is 4.98 Å². The van der Waals surface area contributed by atoms with Crippen LogP contribution in [-0.4, -0.2) is 42.8 Å². The summed E-state index contributed by atoms with van der Waals surface area (Å²) in [5.74, 6) is 1.66. The Morgan fingerprint density at radius 3 is 2.68 bits per heavy atom. The second-order valence-corrected chi connectivity index (χ2v) is 9.78. The summed E-state index contributed by atoms with van der Waals surface area (Å²) in [6, 6.07) is 12.7. The Bertz CT molecular complexity index is 1340. The lowest BCUT2D eigenvalue weighted by atomic mass is 10.1. The molecule has 0 saturated carbocycles. The minimum atomic E-state index is -3.67. The van der Waals surface area contributed by atoms with Crippen molar-refractivity contribution in [2.75, 3.05) is 19.8 Å². The predicted octanol–water partition coefficient (Wildman–Crippen LogP) is 3.06. The van der Waals surface area contributed by atoms with Crippen molar-refractivity contribution in [1.82, 2.24) is 19.3 Å². The van der Waals surface area contributed by atoms with Crippen LogP contribution >= 0.6 is 11.3 Å². The number of benzene rings is 2. The fourth-order valence-corrected chi connectivity index (χ4v) is 5.21. The highest BCUT2D eigenvalue weighted by molar-refractivity contribution is 7.89. The van der Waals surface area contributed by atoms with Gasteiger partial charge in [-0.25, -0.2) is 17.7 Å². The van der Waals surface area contributed by atoms with Gasteiger partial charge in [-0.05, 0) is 19.1 Å². The van der Waals surface area contributed by atoms with E-state index in [0.717, 1.165) is 16.2 Å². The number of nitrogens with zero attached hydrogens (tertiary/aromatic N) is 3. The summed E-state index contributed by atoms with van der Waals surface area (Å²) < 4.78 is 40.7. The second-order valence-electron chi connectivity index (χ2n) is 7.18. The molecule has 0 bridgehead atoms. The van der Waals surface area contributed by atoms with E-state index in [0.29, 0.717) is 37.0 Å². The van der Waals surface area contributed by atoms with Crippen LogP contribution < -0.4 is 14.2 Å². The lowest BCUT2D eigenvalue weighted by molar-refractivity contribution is 0.171. The Morgan fingerprint density at radius 2 is 1.87 bits per heavy atom. The van der Waals surface area contributed by atoms with Crippen LogP contribution in [0.15, 0.2) is 52.7 Å². The molecule has 0 fully saturated rings. The SMILES string of the molecule is Cc1ccc(-c2nc3scc(CCNS(=O)(=O)c4ccc5c(c4)OCCO5)n3n2)cc1. The second kappa shape index (κ2) is 7.95. The fourth-order valence-electron chi connectivity index (χ4n) is 3.31. The zero-order chi connectivity index (χ0) is 21.4. The van der Waals surface area contributed by atoms with Crippen molar-refractivity contribution >= 4 is 26.3 Å². The highest BCUT2D eigenvalue weighted by atomic mass is 32.2. The van der Waals surface area contributed by atoms with Crippen molar-refractivity contribution in [2.24, 2.45) is 0 Å². The zero-order valence-corrected chi connectivity index (χ0v) is 18.4. The van der Waals surface area contributed by atoms with Gasteiger partial charge < -0.3 is 9.47 Å². The van der Waals surface area contributed by atoms with Gasteiger partial charge in [0.1, 0.15) is 13.2 Å². The summed E-state index contributed by atoms with van der Waals surface area (Å²) in [4.78, 5) is 5.51. The molecule has 0 radical (unpaired) electrons. The number of hydrogen-bond donors (Lipinski definition) is 1. The molecule has 160 valence electrons. The Balaban J connectivity index is 1.29. The molecule has 0 unspecified atom stereocenters. The van der Waals surface area contributed by atoms with Gasteiger partial charge in [0.25, 0.3) is 0 Å². The fraction of sp³-hybridized carbons (Fsp3) is 0.238. The number of rotatable bonds is 6. The van der Waals surface area contributed by atoms with E-state index < -0.39 is 10.0 Å². The predicted molar refractivity (Wildman–Crippen MR) is 117 cm³/mol. The van der Waals surface area contributed by atoms with E-state index in [1.165, 1.54) is 29.0 Å². The number of nitrogens with one attached hydrogen (secondary N) is 1. The molecule has 0 amide bonds. The van der Waals surface area contributed by atoms with Gasteiger partial charge in [-0.1, -0.05) is 29.8 Å². The van der Waals surface area contributed by atoms with Crippen LogP contribution in [-0.2, 0) is 16.4 Å². The lowest BCUT2D eigenvalue weighted by Gasteiger charge is -2.18. The highest BCUT2D eigenvalue weighted by Gasteiger charge is 2.19. The number of aryl methyl sites for hydroxylation is 1. The number of thiazole rings is 1. The average Bonchev–Trinajstić information content (AvgIpc) is 3.35. The first kappa shape index (κ1) is 20.0. The van der Waals surface area contributed by atoms with Crippen LogP contribution in [0.2, 0.25) is 0 Å². The van der Waals surface area contributed by atoms with Crippen LogP contribution in [0.1, 0.15) is 11.3 Å². The Morgan fingerprint density at radius 1 is 1.10 bits per heavy atom. The minimum absolute atomic E-state index is 0.148. The van der Waals surface area contributed by atoms with Crippen molar-refractivity contribution in [3.05, 3.63) is 59.1 Å². The summed E-state index contributed by atoms with van der Waals surface area (Å²) in [6.45, 7) is 3.14. The van der Waals surface area contributed by atoms with Crippen molar-refractivity contribution in [3.63, 3.8) is 0 Å². The number of fused-ring (bicyclic) bond motifs is 2. The number of sulfonamides is 1. The van der Waals surface area contributed by atoms with Crippen molar-refractivity contribution < 1.29 is 17.9 Å². The van der Waals surface area contributed by atoms with E-state index in [2.05, 4.69) is 14.8 Å². The molecule has 2 aromatic carbocycles. The number of ether oxygens (including phenoxy) is 2. The highest BCUT2D eigenvalue weighted by Crippen LogP contribution is 2.32. The largest absolute Gasteiger partial charge is 0.486 e. The first-order valence-corrected chi connectivity index (χ1v) is 12.2. The topological polar surface area (TPSA) is 94.8 Å². The Labute approximate surface area is 183 Å². The van der Waals surface area contributed by atoms with Crippen LogP contribution in [0.3, 0.4) is 0 Å². The summed E-state index contributed by atoms with van der Waals surface area (Å²) in [6.07, 6.45) is 0.487. The summed E-state index contributed by atoms with van der Waals surface area (Å²) in [5.41, 5.74) is 3.03. The van der Waals surface area contributed by atoms with Crippen LogP contribution in [0.25, 0.3) is 16.3 Å². The van der Waals surface area contributed by atoms with Crippen molar-refractivity contribution in [1.29, 1.82) is 0 Å². The molecule has 0 saturated heterocycles. The van der Waals surface area contributed by atoms with E-state index in [-0.39, 0.29) is 11.4 Å². The molecule has 0 spiro atoms. The van der Waals surface area contributed by atoms with Crippen molar-refractivity contribution in [2.45, 2.75) is 18.2 Å². The monoisotopic (exact) mass is 456 g/mol. The molecule has 1 aliphatic rings. The molecule has 4 aromatic rings. The Kier molecular flexibility index (Phi) is 5.12. The van der Waals surface area contributed by atoms with Gasteiger partial charge in [-0.15, -0.1) is 16.4 Å². The normalized spacial score (nSPS) is 13.6. The average molecular weight is 457 g/mol. The first-order valence-electron chi connectivity index (χ1n) is 9.79. The summed E-state index contributed by atoms with van der Waals surface area (Å²) in [7, 11) is -3.67. The maximum absolute atomic E-state index is 12.7. The third-order valence-electron chi connectivity index (χ3n) is 4.96. The smallest absolute Gasteiger partial charge is 0.240 e. The maximum atomic E-state index is 12.7. The third kappa shape index (κ3) is 4.01. The molecule has 0 atom stereocenters. The van der Waals surface area contributed by atoms with Gasteiger partial charge in [0, 0.05) is 30.0 Å². The van der Waals surface area contributed by atoms with E-state index in [4.69, 9.17) is 9.47 Å². The quantitative estimate of drug-likeness (QED) is 0.479. The molecule has 2 aromatic heterocycles. The number of aromatic nitrogens is 3. The van der Waals surface area contributed by atoms with E-state index >= 15 is 0 Å². The van der Waals surface area contributed by atoms with Crippen LogP contribution in [0.4, 0.5) is 0 Å². The molecular formula is C21H20N4O4S2. The Hall–Kier alpha value is -2.95. The van der Waals surface area contributed by atoms with Gasteiger partial charge >= 0.3 is 0 Å². The zero-order valence-electron chi connectivity index (χ0n) is 16.7. The first-order chi connectivity index (χ1) is 15.0. The minimum Gasteiger partial charge on any atom is -0.486 e. The molecule has 10 heteroatoms. The molecule has 8 nitrogen and oxygen atoms in total. The van der Waals surface area contributed by atoms with Gasteiger partial charge in [0.2, 0.25) is 15.0 Å². The van der Waals surface area contributed by atoms with Crippen LogP contribution in [0, 0.1) is 6.92 Å². The molecule has 5 rings (SSSR count). The third-order valence-corrected chi connectivity index (χ3v) is 7.28.